The van der Waals surface area contributed by atoms with E-state index in [2.05, 4.69) is 6.92 Å². The summed E-state index contributed by atoms with van der Waals surface area (Å²) in [6.07, 6.45) is 7.46. The molecule has 2 atom stereocenters. The summed E-state index contributed by atoms with van der Waals surface area (Å²) in [6.45, 7) is 7.36. The van der Waals surface area contributed by atoms with E-state index in [0.29, 0.717) is 18.2 Å². The maximum absolute atomic E-state index is 12.3. The summed E-state index contributed by atoms with van der Waals surface area (Å²) in [5.41, 5.74) is 5.65. The van der Waals surface area contributed by atoms with E-state index in [4.69, 9.17) is 10.5 Å². The molecule has 2 N–H and O–H groups in total. The fourth-order valence-electron chi connectivity index (χ4n) is 3.10. The highest BCUT2D eigenvalue weighted by molar-refractivity contribution is 5.76. The topological polar surface area (TPSA) is 55.6 Å². The number of ether oxygens (including phenoxy) is 1. The SMILES string of the molecule is CCCC(CCN)CCC(=O)N1CCCC(OCC)C1. The van der Waals surface area contributed by atoms with Gasteiger partial charge in [0.1, 0.15) is 0 Å². The van der Waals surface area contributed by atoms with Gasteiger partial charge in [-0.2, -0.15) is 0 Å². The first-order valence-electron chi connectivity index (χ1n) is 8.30. The Bertz CT molecular complexity index is 263. The predicted molar refractivity (Wildman–Crippen MR) is 82.5 cm³/mol. The zero-order valence-corrected chi connectivity index (χ0v) is 13.3. The Balaban J connectivity index is 2.33. The maximum Gasteiger partial charge on any atom is 0.222 e. The quantitative estimate of drug-likeness (QED) is 0.708. The van der Waals surface area contributed by atoms with Crippen LogP contribution in [0.4, 0.5) is 0 Å². The van der Waals surface area contributed by atoms with Crippen LogP contribution in [0.5, 0.6) is 0 Å². The molecule has 1 saturated heterocycles. The third-order valence-corrected chi connectivity index (χ3v) is 4.17. The molecule has 20 heavy (non-hydrogen) atoms. The van der Waals surface area contributed by atoms with E-state index in [0.717, 1.165) is 51.9 Å². The molecule has 2 unspecified atom stereocenters. The van der Waals surface area contributed by atoms with Crippen LogP contribution in [0.25, 0.3) is 0 Å². The van der Waals surface area contributed by atoms with E-state index >= 15 is 0 Å². The second-order valence-electron chi connectivity index (χ2n) is 5.83. The lowest BCUT2D eigenvalue weighted by Gasteiger charge is -2.33. The van der Waals surface area contributed by atoms with E-state index in [1.54, 1.807) is 0 Å². The summed E-state index contributed by atoms with van der Waals surface area (Å²) in [5.74, 6) is 0.911. The van der Waals surface area contributed by atoms with E-state index in [-0.39, 0.29) is 6.10 Å². The number of nitrogens with two attached hydrogens (primary N) is 1. The molecule has 0 spiro atoms. The Labute approximate surface area is 124 Å². The molecule has 0 bridgehead atoms. The molecule has 1 aliphatic rings. The van der Waals surface area contributed by atoms with Gasteiger partial charge in [-0.25, -0.2) is 0 Å². The van der Waals surface area contributed by atoms with Crippen LogP contribution in [0, 0.1) is 5.92 Å². The van der Waals surface area contributed by atoms with Gasteiger partial charge >= 0.3 is 0 Å². The van der Waals surface area contributed by atoms with E-state index < -0.39 is 0 Å². The summed E-state index contributed by atoms with van der Waals surface area (Å²) in [7, 11) is 0. The molecular weight excluding hydrogens is 252 g/mol. The zero-order valence-electron chi connectivity index (χ0n) is 13.3. The van der Waals surface area contributed by atoms with Crippen molar-refractivity contribution in [2.24, 2.45) is 11.7 Å². The Morgan fingerprint density at radius 2 is 2.15 bits per heavy atom. The molecular formula is C16H32N2O2. The number of carbonyl (C=O) groups is 1. The molecule has 4 heteroatoms. The van der Waals surface area contributed by atoms with Crippen LogP contribution < -0.4 is 5.73 Å². The van der Waals surface area contributed by atoms with Crippen molar-refractivity contribution in [2.75, 3.05) is 26.2 Å². The third-order valence-electron chi connectivity index (χ3n) is 4.17. The predicted octanol–water partition coefficient (Wildman–Crippen LogP) is 2.56. The minimum absolute atomic E-state index is 0.244. The van der Waals surface area contributed by atoms with Crippen LogP contribution in [0.1, 0.15) is 58.8 Å². The first-order valence-corrected chi connectivity index (χ1v) is 8.30. The van der Waals surface area contributed by atoms with Crippen molar-refractivity contribution in [2.45, 2.75) is 64.9 Å². The third kappa shape index (κ3) is 6.23. The standard InChI is InChI=1S/C16H32N2O2/c1-3-6-14(10-11-17)8-9-16(19)18-12-5-7-15(13-18)20-4-2/h14-15H,3-13,17H2,1-2H3. The molecule has 1 rings (SSSR count). The fourth-order valence-corrected chi connectivity index (χ4v) is 3.10. The second kappa shape index (κ2) is 10.2. The van der Waals surface area contributed by atoms with Gasteiger partial charge in [-0.05, 0) is 45.1 Å². The van der Waals surface area contributed by atoms with Gasteiger partial charge < -0.3 is 15.4 Å². The highest BCUT2D eigenvalue weighted by atomic mass is 16.5. The van der Waals surface area contributed by atoms with Crippen molar-refractivity contribution in [1.29, 1.82) is 0 Å². The van der Waals surface area contributed by atoms with Gasteiger partial charge in [0.2, 0.25) is 5.91 Å². The van der Waals surface area contributed by atoms with E-state index in [1.165, 1.54) is 12.8 Å². The van der Waals surface area contributed by atoms with Gasteiger partial charge in [0.25, 0.3) is 0 Å². The lowest BCUT2D eigenvalue weighted by molar-refractivity contribution is -0.135. The molecule has 0 saturated carbocycles. The van der Waals surface area contributed by atoms with Crippen molar-refractivity contribution in [3.8, 4) is 0 Å². The number of rotatable bonds is 9. The molecule has 0 aliphatic carbocycles. The van der Waals surface area contributed by atoms with Crippen LogP contribution in [-0.2, 0) is 9.53 Å². The van der Waals surface area contributed by atoms with Gasteiger partial charge in [-0.15, -0.1) is 0 Å². The lowest BCUT2D eigenvalue weighted by Crippen LogP contribution is -2.43. The van der Waals surface area contributed by atoms with Gasteiger partial charge in [-0.1, -0.05) is 19.8 Å². The van der Waals surface area contributed by atoms with Crippen molar-refractivity contribution in [3.63, 3.8) is 0 Å². The first kappa shape index (κ1) is 17.4. The molecule has 1 amide bonds. The van der Waals surface area contributed by atoms with Crippen LogP contribution in [-0.4, -0.2) is 43.2 Å². The number of amides is 1. The number of carbonyl (C=O) groups excluding carboxylic acids is 1. The minimum atomic E-state index is 0.244. The first-order chi connectivity index (χ1) is 9.71. The van der Waals surface area contributed by atoms with Gasteiger partial charge in [-0.3, -0.25) is 4.79 Å². The van der Waals surface area contributed by atoms with Crippen LogP contribution >= 0.6 is 0 Å². The number of hydrogen-bond acceptors (Lipinski definition) is 3. The van der Waals surface area contributed by atoms with Crippen molar-refractivity contribution in [1.82, 2.24) is 4.90 Å². The number of piperidine rings is 1. The van der Waals surface area contributed by atoms with Crippen molar-refractivity contribution in [3.05, 3.63) is 0 Å². The van der Waals surface area contributed by atoms with Gasteiger partial charge in [0.15, 0.2) is 0 Å². The molecule has 0 aromatic heterocycles. The maximum atomic E-state index is 12.3. The average Bonchev–Trinajstić information content (AvgIpc) is 2.45. The highest BCUT2D eigenvalue weighted by Gasteiger charge is 2.24. The average molecular weight is 284 g/mol. The Hall–Kier alpha value is -0.610. The minimum Gasteiger partial charge on any atom is -0.377 e. The highest BCUT2D eigenvalue weighted by Crippen LogP contribution is 2.19. The smallest absolute Gasteiger partial charge is 0.222 e. The monoisotopic (exact) mass is 284 g/mol. The van der Waals surface area contributed by atoms with Crippen molar-refractivity contribution >= 4 is 5.91 Å². The van der Waals surface area contributed by atoms with Crippen molar-refractivity contribution < 1.29 is 9.53 Å². The largest absolute Gasteiger partial charge is 0.377 e. The van der Waals surface area contributed by atoms with Gasteiger partial charge in [0.05, 0.1) is 6.10 Å². The molecule has 0 aromatic rings. The Morgan fingerprint density at radius 1 is 1.35 bits per heavy atom. The normalized spacial score (nSPS) is 20.9. The fraction of sp³-hybridized carbons (Fsp3) is 0.938. The number of nitrogens with zero attached hydrogens (tertiary/aromatic N) is 1. The van der Waals surface area contributed by atoms with E-state index in [9.17, 15) is 4.79 Å². The van der Waals surface area contributed by atoms with Crippen LogP contribution in [0.2, 0.25) is 0 Å². The van der Waals surface area contributed by atoms with Crippen LogP contribution in [0.3, 0.4) is 0 Å². The summed E-state index contributed by atoms with van der Waals surface area (Å²) in [6, 6.07) is 0. The lowest BCUT2D eigenvalue weighted by atomic mass is 9.94. The second-order valence-corrected chi connectivity index (χ2v) is 5.83. The molecule has 118 valence electrons. The van der Waals surface area contributed by atoms with Crippen LogP contribution in [0.15, 0.2) is 0 Å². The molecule has 0 radical (unpaired) electrons. The van der Waals surface area contributed by atoms with E-state index in [1.807, 2.05) is 11.8 Å². The molecule has 4 nitrogen and oxygen atoms in total. The molecule has 1 aliphatic heterocycles. The Kier molecular flexibility index (Phi) is 8.86. The summed E-state index contributed by atoms with van der Waals surface area (Å²) in [5, 5.41) is 0. The molecule has 0 aromatic carbocycles. The summed E-state index contributed by atoms with van der Waals surface area (Å²) in [4.78, 5) is 14.3. The number of likely N-dealkylation sites (tertiary alicyclic amines) is 1. The molecule has 1 heterocycles. The summed E-state index contributed by atoms with van der Waals surface area (Å²) < 4.78 is 5.66. The zero-order chi connectivity index (χ0) is 14.8. The summed E-state index contributed by atoms with van der Waals surface area (Å²) >= 11 is 0. The Morgan fingerprint density at radius 3 is 2.80 bits per heavy atom. The molecule has 1 fully saturated rings. The van der Waals surface area contributed by atoms with Gasteiger partial charge in [0, 0.05) is 26.1 Å². The number of hydrogen-bond donors (Lipinski definition) is 1.